The minimum atomic E-state index is 0.893. The molecule has 0 radical (unpaired) electrons. The van der Waals surface area contributed by atoms with Gasteiger partial charge in [-0.25, -0.2) is 4.57 Å². The molecule has 0 bridgehead atoms. The zero-order valence-corrected chi connectivity index (χ0v) is 13.3. The number of aromatic nitrogens is 2. The lowest BCUT2D eigenvalue weighted by Crippen LogP contribution is -2.26. The lowest BCUT2D eigenvalue weighted by molar-refractivity contribution is -0.670. The Kier molecular flexibility index (Phi) is 2.67. The molecule has 4 rings (SSSR count). The second-order valence-corrected chi connectivity index (χ2v) is 5.97. The normalized spacial score (nSPS) is 11.6. The summed E-state index contributed by atoms with van der Waals surface area (Å²) in [5.74, 6) is 0.893. The lowest BCUT2D eigenvalue weighted by atomic mass is 9.97. The van der Waals surface area contributed by atoms with E-state index in [4.69, 9.17) is 4.74 Å². The molecule has 0 saturated heterocycles. The van der Waals surface area contributed by atoms with Crippen LogP contribution in [-0.4, -0.2) is 12.1 Å². The van der Waals surface area contributed by atoms with E-state index in [0.29, 0.717) is 0 Å². The minimum Gasteiger partial charge on any atom is -0.497 e. The number of hydrogen-bond donors (Lipinski definition) is 1. The Morgan fingerprint density at radius 1 is 1.00 bits per heavy atom. The second kappa shape index (κ2) is 4.47. The van der Waals surface area contributed by atoms with Crippen molar-refractivity contribution >= 4 is 32.6 Å². The molecule has 2 aromatic heterocycles. The zero-order chi connectivity index (χ0) is 15.4. The Labute approximate surface area is 129 Å². The number of hydrogen-bond acceptors (Lipinski definition) is 1. The van der Waals surface area contributed by atoms with Crippen LogP contribution < -0.4 is 9.30 Å². The first-order valence-corrected chi connectivity index (χ1v) is 7.47. The Morgan fingerprint density at radius 3 is 2.59 bits per heavy atom. The van der Waals surface area contributed by atoms with Gasteiger partial charge in [-0.15, -0.1) is 0 Å². The molecular weight excluding hydrogens is 272 g/mol. The van der Waals surface area contributed by atoms with Crippen LogP contribution in [-0.2, 0) is 7.05 Å². The van der Waals surface area contributed by atoms with E-state index in [1.807, 2.05) is 6.07 Å². The molecule has 110 valence electrons. The van der Waals surface area contributed by atoms with Gasteiger partial charge in [0.2, 0.25) is 0 Å². The maximum atomic E-state index is 5.40. The van der Waals surface area contributed by atoms with E-state index in [1.54, 1.807) is 7.11 Å². The van der Waals surface area contributed by atoms with Gasteiger partial charge in [-0.2, -0.15) is 0 Å². The number of nitrogens with one attached hydrogen (secondary N) is 1. The molecule has 1 N–H and O–H groups in total. The van der Waals surface area contributed by atoms with Gasteiger partial charge >= 0.3 is 0 Å². The number of pyridine rings is 1. The molecule has 2 aromatic carbocycles. The third kappa shape index (κ3) is 1.65. The molecule has 22 heavy (non-hydrogen) atoms. The topological polar surface area (TPSA) is 28.9 Å². The van der Waals surface area contributed by atoms with Gasteiger partial charge in [-0.05, 0) is 48.6 Å². The van der Waals surface area contributed by atoms with E-state index in [-0.39, 0.29) is 0 Å². The molecule has 3 heteroatoms. The van der Waals surface area contributed by atoms with Crippen molar-refractivity contribution in [2.24, 2.45) is 7.05 Å². The first-order chi connectivity index (χ1) is 10.6. The fourth-order valence-electron chi connectivity index (χ4n) is 3.46. The first-order valence-electron chi connectivity index (χ1n) is 7.47. The summed E-state index contributed by atoms with van der Waals surface area (Å²) in [5.41, 5.74) is 4.99. The van der Waals surface area contributed by atoms with Crippen molar-refractivity contribution in [3.63, 3.8) is 0 Å². The Hall–Kier alpha value is -2.55. The standard InChI is InChI=1S/C19H18N2O/c1-11-16-10-21(3)8-7-14(16)12(2)19-18(11)15-9-13(22-4)5-6-17(15)20-19/h5-10H,1-4H3/p+1. The predicted molar refractivity (Wildman–Crippen MR) is 90.5 cm³/mol. The van der Waals surface area contributed by atoms with Gasteiger partial charge in [-0.1, -0.05) is 0 Å². The number of aryl methyl sites for hydroxylation is 3. The van der Waals surface area contributed by atoms with Crippen molar-refractivity contribution in [3.8, 4) is 5.75 Å². The van der Waals surface area contributed by atoms with Gasteiger partial charge in [0.15, 0.2) is 12.4 Å². The van der Waals surface area contributed by atoms with Gasteiger partial charge in [0.1, 0.15) is 12.8 Å². The third-order valence-corrected chi connectivity index (χ3v) is 4.66. The summed E-state index contributed by atoms with van der Waals surface area (Å²) in [6.45, 7) is 4.40. The van der Waals surface area contributed by atoms with Crippen molar-refractivity contribution in [2.75, 3.05) is 7.11 Å². The van der Waals surface area contributed by atoms with Crippen LogP contribution in [0.5, 0.6) is 5.75 Å². The number of fused-ring (bicyclic) bond motifs is 4. The van der Waals surface area contributed by atoms with Crippen LogP contribution in [0.25, 0.3) is 32.6 Å². The summed E-state index contributed by atoms with van der Waals surface area (Å²) in [6, 6.07) is 8.42. The Balaban J connectivity index is 2.28. The Bertz CT molecular complexity index is 1040. The summed E-state index contributed by atoms with van der Waals surface area (Å²) in [6.07, 6.45) is 4.31. The zero-order valence-electron chi connectivity index (χ0n) is 13.3. The molecule has 0 atom stereocenters. The molecule has 0 aliphatic rings. The smallest absolute Gasteiger partial charge is 0.176 e. The molecule has 0 saturated carbocycles. The van der Waals surface area contributed by atoms with E-state index < -0.39 is 0 Å². The number of rotatable bonds is 1. The van der Waals surface area contributed by atoms with E-state index >= 15 is 0 Å². The van der Waals surface area contributed by atoms with Crippen LogP contribution in [0.1, 0.15) is 11.1 Å². The maximum Gasteiger partial charge on any atom is 0.176 e. The number of H-pyrrole nitrogens is 1. The van der Waals surface area contributed by atoms with Crippen molar-refractivity contribution in [2.45, 2.75) is 13.8 Å². The van der Waals surface area contributed by atoms with Gasteiger partial charge in [0.05, 0.1) is 12.6 Å². The average molecular weight is 291 g/mol. The van der Waals surface area contributed by atoms with Gasteiger partial charge in [0, 0.05) is 27.7 Å². The van der Waals surface area contributed by atoms with Crippen LogP contribution >= 0.6 is 0 Å². The third-order valence-electron chi connectivity index (χ3n) is 4.66. The van der Waals surface area contributed by atoms with Crippen molar-refractivity contribution in [1.82, 2.24) is 4.98 Å². The monoisotopic (exact) mass is 291 g/mol. The molecule has 2 heterocycles. The van der Waals surface area contributed by atoms with Crippen LogP contribution in [0.3, 0.4) is 0 Å². The molecule has 3 nitrogen and oxygen atoms in total. The summed E-state index contributed by atoms with van der Waals surface area (Å²) >= 11 is 0. The highest BCUT2D eigenvalue weighted by Crippen LogP contribution is 2.37. The average Bonchev–Trinajstić information content (AvgIpc) is 2.91. The minimum absolute atomic E-state index is 0.893. The van der Waals surface area contributed by atoms with Crippen molar-refractivity contribution in [3.05, 3.63) is 47.8 Å². The van der Waals surface area contributed by atoms with Crippen molar-refractivity contribution in [1.29, 1.82) is 0 Å². The molecule has 0 aliphatic heterocycles. The quantitative estimate of drug-likeness (QED) is 0.529. The van der Waals surface area contributed by atoms with Crippen molar-refractivity contribution < 1.29 is 9.30 Å². The fourth-order valence-corrected chi connectivity index (χ4v) is 3.46. The summed E-state index contributed by atoms with van der Waals surface area (Å²) in [7, 11) is 3.78. The number of benzene rings is 2. The van der Waals surface area contributed by atoms with E-state index in [0.717, 1.165) is 11.3 Å². The molecule has 0 aliphatic carbocycles. The fraction of sp³-hybridized carbons (Fsp3) is 0.211. The van der Waals surface area contributed by atoms with E-state index in [9.17, 15) is 0 Å². The van der Waals surface area contributed by atoms with Gasteiger partial charge in [0.25, 0.3) is 0 Å². The summed E-state index contributed by atoms with van der Waals surface area (Å²) in [4.78, 5) is 3.58. The second-order valence-electron chi connectivity index (χ2n) is 5.97. The SMILES string of the molecule is COc1ccc2[nH]c3c(C)c4cc[n+](C)cc4c(C)c3c2c1. The number of aromatic amines is 1. The highest BCUT2D eigenvalue weighted by atomic mass is 16.5. The van der Waals surface area contributed by atoms with Crippen LogP contribution in [0, 0.1) is 13.8 Å². The number of nitrogens with zero attached hydrogens (tertiary/aromatic N) is 1. The first kappa shape index (κ1) is 13.1. The highest BCUT2D eigenvalue weighted by molar-refractivity contribution is 6.16. The van der Waals surface area contributed by atoms with E-state index in [2.05, 4.69) is 61.0 Å². The largest absolute Gasteiger partial charge is 0.497 e. The molecule has 0 amide bonds. The van der Waals surface area contributed by atoms with Crippen LogP contribution in [0.4, 0.5) is 0 Å². The number of methoxy groups -OCH3 is 1. The van der Waals surface area contributed by atoms with E-state index in [1.165, 1.54) is 38.2 Å². The number of ether oxygens (including phenoxy) is 1. The summed E-state index contributed by atoms with van der Waals surface area (Å²) in [5, 5.41) is 5.13. The summed E-state index contributed by atoms with van der Waals surface area (Å²) < 4.78 is 7.51. The predicted octanol–water partition coefficient (Wildman–Crippen LogP) is 3.92. The van der Waals surface area contributed by atoms with Crippen LogP contribution in [0.15, 0.2) is 36.7 Å². The van der Waals surface area contributed by atoms with Gasteiger partial charge < -0.3 is 9.72 Å². The van der Waals surface area contributed by atoms with Gasteiger partial charge in [-0.3, -0.25) is 0 Å². The molecular formula is C19H19N2O+. The van der Waals surface area contributed by atoms with Crippen LogP contribution in [0.2, 0.25) is 0 Å². The molecule has 0 spiro atoms. The lowest BCUT2D eigenvalue weighted by Gasteiger charge is -2.07. The molecule has 0 fully saturated rings. The molecule has 0 unspecified atom stereocenters. The Morgan fingerprint density at radius 2 is 1.82 bits per heavy atom. The highest BCUT2D eigenvalue weighted by Gasteiger charge is 2.16. The molecule has 4 aromatic rings. The maximum absolute atomic E-state index is 5.40.